The molecule has 3 N–H and O–H groups in total. The molecule has 1 aromatic carbocycles. The number of allylic oxidation sites excluding steroid dienone is 1. The molecule has 34 heavy (non-hydrogen) atoms. The molecule has 4 heterocycles. The zero-order valence-corrected chi connectivity index (χ0v) is 20.8. The number of fused-ring (bicyclic) bond motifs is 1. The topological polar surface area (TPSA) is 92.6 Å². The van der Waals surface area contributed by atoms with Crippen LogP contribution < -0.4 is 20.7 Å². The van der Waals surface area contributed by atoms with Gasteiger partial charge in [0.2, 0.25) is 0 Å². The SMILES string of the molecule is COc1ccc(-n2nc(C3CCNCC3)cc2NC(=O)C2=C3NCC(Br)=CC3CCN=C2)cc1. The minimum atomic E-state index is -0.184. The Kier molecular flexibility index (Phi) is 6.82. The van der Waals surface area contributed by atoms with Crippen molar-refractivity contribution in [3.63, 3.8) is 0 Å². The molecular weight excluding hydrogens is 496 g/mol. The van der Waals surface area contributed by atoms with Crippen LogP contribution in [0.15, 0.2) is 57.2 Å². The summed E-state index contributed by atoms with van der Waals surface area (Å²) in [6.45, 7) is 3.31. The van der Waals surface area contributed by atoms with E-state index >= 15 is 0 Å². The molecule has 5 rings (SSSR count). The molecule has 3 aliphatic rings. The van der Waals surface area contributed by atoms with Gasteiger partial charge in [-0.2, -0.15) is 5.10 Å². The van der Waals surface area contributed by atoms with Crippen LogP contribution in [0.3, 0.4) is 0 Å². The lowest BCUT2D eigenvalue weighted by Crippen LogP contribution is -2.30. The van der Waals surface area contributed by atoms with E-state index in [1.54, 1.807) is 13.3 Å². The summed E-state index contributed by atoms with van der Waals surface area (Å²) in [5.41, 5.74) is 3.37. The Balaban J connectivity index is 1.49. The number of amides is 1. The molecular formula is C25H29BrN6O2. The van der Waals surface area contributed by atoms with E-state index in [0.29, 0.717) is 30.4 Å². The number of aliphatic imine (C=N–C) groups is 1. The number of nitrogens with one attached hydrogen (secondary N) is 3. The molecule has 1 fully saturated rings. The Bertz CT molecular complexity index is 1140. The zero-order valence-electron chi connectivity index (χ0n) is 19.2. The molecule has 8 nitrogen and oxygen atoms in total. The first-order valence-electron chi connectivity index (χ1n) is 11.7. The molecule has 1 unspecified atom stereocenters. The van der Waals surface area contributed by atoms with E-state index in [2.05, 4.69) is 42.9 Å². The van der Waals surface area contributed by atoms with Crippen LogP contribution in [0.2, 0.25) is 0 Å². The van der Waals surface area contributed by atoms with Gasteiger partial charge in [0.05, 0.1) is 24.1 Å². The van der Waals surface area contributed by atoms with Crippen LogP contribution in [0.5, 0.6) is 5.75 Å². The van der Waals surface area contributed by atoms with Gasteiger partial charge in [-0.25, -0.2) is 4.68 Å². The maximum absolute atomic E-state index is 13.5. The highest BCUT2D eigenvalue weighted by Gasteiger charge is 2.27. The van der Waals surface area contributed by atoms with Gasteiger partial charge < -0.3 is 20.7 Å². The smallest absolute Gasteiger partial charge is 0.260 e. The predicted molar refractivity (Wildman–Crippen MR) is 137 cm³/mol. The number of aromatic nitrogens is 2. The van der Waals surface area contributed by atoms with Crippen LogP contribution in [-0.2, 0) is 4.79 Å². The molecule has 1 atom stereocenters. The normalized spacial score (nSPS) is 20.8. The van der Waals surface area contributed by atoms with Crippen molar-refractivity contribution in [2.45, 2.75) is 25.2 Å². The number of rotatable bonds is 5. The van der Waals surface area contributed by atoms with E-state index in [9.17, 15) is 4.79 Å². The Labute approximate surface area is 207 Å². The number of hydrogen-bond acceptors (Lipinski definition) is 6. The molecule has 1 amide bonds. The summed E-state index contributed by atoms with van der Waals surface area (Å²) in [6.07, 6.45) is 6.80. The van der Waals surface area contributed by atoms with Crippen molar-refractivity contribution >= 4 is 33.9 Å². The third-order valence-electron chi connectivity index (χ3n) is 6.57. The first kappa shape index (κ1) is 22.9. The highest BCUT2D eigenvalue weighted by Crippen LogP contribution is 2.31. The minimum absolute atomic E-state index is 0.142. The van der Waals surface area contributed by atoms with Crippen molar-refractivity contribution in [1.82, 2.24) is 20.4 Å². The van der Waals surface area contributed by atoms with E-state index in [4.69, 9.17) is 9.84 Å². The van der Waals surface area contributed by atoms with Gasteiger partial charge >= 0.3 is 0 Å². The van der Waals surface area contributed by atoms with Crippen molar-refractivity contribution in [3.8, 4) is 11.4 Å². The van der Waals surface area contributed by atoms with Gasteiger partial charge in [0, 0.05) is 47.4 Å². The number of carbonyl (C=O) groups is 1. The van der Waals surface area contributed by atoms with Gasteiger partial charge in [-0.3, -0.25) is 9.79 Å². The fraction of sp³-hybridized carbons (Fsp3) is 0.400. The van der Waals surface area contributed by atoms with Gasteiger partial charge in [-0.1, -0.05) is 22.0 Å². The first-order valence-corrected chi connectivity index (χ1v) is 12.5. The number of benzene rings is 1. The van der Waals surface area contributed by atoms with Crippen molar-refractivity contribution in [1.29, 1.82) is 0 Å². The molecule has 9 heteroatoms. The monoisotopic (exact) mass is 524 g/mol. The number of hydrogen-bond donors (Lipinski definition) is 3. The van der Waals surface area contributed by atoms with Crippen molar-refractivity contribution in [3.05, 3.63) is 57.9 Å². The summed E-state index contributed by atoms with van der Waals surface area (Å²) in [5.74, 6) is 1.75. The third kappa shape index (κ3) is 4.81. The number of carbonyl (C=O) groups excluding carboxylic acids is 1. The molecule has 0 saturated carbocycles. The van der Waals surface area contributed by atoms with Crippen molar-refractivity contribution in [2.75, 3.05) is 38.6 Å². The van der Waals surface area contributed by atoms with E-state index in [0.717, 1.165) is 59.7 Å². The molecule has 178 valence electrons. The second-order valence-electron chi connectivity index (χ2n) is 8.77. The van der Waals surface area contributed by atoms with Crippen LogP contribution in [0.1, 0.15) is 30.9 Å². The third-order valence-corrected chi connectivity index (χ3v) is 7.11. The van der Waals surface area contributed by atoms with Gasteiger partial charge in [0.1, 0.15) is 11.6 Å². The lowest BCUT2D eigenvalue weighted by molar-refractivity contribution is -0.112. The van der Waals surface area contributed by atoms with Gasteiger partial charge in [0.25, 0.3) is 5.91 Å². The predicted octanol–water partition coefficient (Wildman–Crippen LogP) is 3.51. The minimum Gasteiger partial charge on any atom is -0.497 e. The molecule has 0 radical (unpaired) electrons. The van der Waals surface area contributed by atoms with Crippen molar-refractivity contribution in [2.24, 2.45) is 10.9 Å². The molecule has 0 spiro atoms. The summed E-state index contributed by atoms with van der Waals surface area (Å²) >= 11 is 3.58. The van der Waals surface area contributed by atoms with Crippen LogP contribution in [0.4, 0.5) is 5.82 Å². The Morgan fingerprint density at radius 3 is 2.76 bits per heavy atom. The number of piperidine rings is 1. The molecule has 3 aliphatic heterocycles. The lowest BCUT2D eigenvalue weighted by atomic mass is 9.94. The Hall–Kier alpha value is -2.91. The van der Waals surface area contributed by atoms with E-state index in [-0.39, 0.29) is 11.8 Å². The molecule has 2 aromatic rings. The van der Waals surface area contributed by atoms with Crippen LogP contribution >= 0.6 is 15.9 Å². The lowest BCUT2D eigenvalue weighted by Gasteiger charge is -2.24. The first-order chi connectivity index (χ1) is 16.6. The molecule has 0 bridgehead atoms. The molecule has 1 aromatic heterocycles. The summed E-state index contributed by atoms with van der Waals surface area (Å²) < 4.78 is 8.23. The van der Waals surface area contributed by atoms with Crippen LogP contribution in [-0.4, -0.2) is 55.2 Å². The highest BCUT2D eigenvalue weighted by molar-refractivity contribution is 9.11. The fourth-order valence-corrected chi connectivity index (χ4v) is 5.18. The quantitative estimate of drug-likeness (QED) is 0.556. The zero-order chi connectivity index (χ0) is 23.5. The van der Waals surface area contributed by atoms with Gasteiger partial charge in [-0.15, -0.1) is 0 Å². The second-order valence-corrected chi connectivity index (χ2v) is 9.79. The number of methoxy groups -OCH3 is 1. The number of anilines is 1. The molecule has 1 saturated heterocycles. The summed E-state index contributed by atoms with van der Waals surface area (Å²) in [6, 6.07) is 9.71. The standard InChI is InChI=1S/C25H29BrN6O2/c1-34-20-4-2-19(3-5-20)32-23(13-22(31-32)16-6-9-27-10-7-16)30-25(33)21-15-28-11-8-17-12-18(26)14-29-24(17)21/h2-5,12-13,15-17,27,29H,6-11,14H2,1H3,(H,30,33). The average molecular weight is 525 g/mol. The average Bonchev–Trinajstić information content (AvgIpc) is 3.17. The second kappa shape index (κ2) is 10.1. The number of nitrogens with zero attached hydrogens (tertiary/aromatic N) is 3. The Morgan fingerprint density at radius 2 is 2.00 bits per heavy atom. The number of halogens is 1. The van der Waals surface area contributed by atoms with Crippen LogP contribution in [0.25, 0.3) is 5.69 Å². The van der Waals surface area contributed by atoms with Gasteiger partial charge in [-0.05, 0) is 56.6 Å². The maximum atomic E-state index is 13.5. The van der Waals surface area contributed by atoms with Crippen molar-refractivity contribution < 1.29 is 9.53 Å². The van der Waals surface area contributed by atoms with E-state index < -0.39 is 0 Å². The fourth-order valence-electron chi connectivity index (χ4n) is 4.72. The highest BCUT2D eigenvalue weighted by atomic mass is 79.9. The molecule has 0 aliphatic carbocycles. The summed E-state index contributed by atoms with van der Waals surface area (Å²) in [5, 5.41) is 14.9. The summed E-state index contributed by atoms with van der Waals surface area (Å²) in [4.78, 5) is 18.0. The van der Waals surface area contributed by atoms with E-state index in [1.165, 1.54) is 0 Å². The maximum Gasteiger partial charge on any atom is 0.260 e. The largest absolute Gasteiger partial charge is 0.497 e. The van der Waals surface area contributed by atoms with Gasteiger partial charge in [0.15, 0.2) is 0 Å². The van der Waals surface area contributed by atoms with E-state index in [1.807, 2.05) is 35.0 Å². The number of ether oxygens (including phenoxy) is 1. The Morgan fingerprint density at radius 1 is 1.21 bits per heavy atom. The van der Waals surface area contributed by atoms with Crippen LogP contribution in [0, 0.1) is 5.92 Å². The summed E-state index contributed by atoms with van der Waals surface area (Å²) in [7, 11) is 1.65.